The first kappa shape index (κ1) is 23.9. The Morgan fingerprint density at radius 2 is 1.86 bits per heavy atom. The molecule has 6 heteroatoms. The fourth-order valence-corrected chi connectivity index (χ4v) is 5.96. The number of nitrogens with zero attached hydrogens (tertiary/aromatic N) is 2. The van der Waals surface area contributed by atoms with Crippen LogP contribution in [0.15, 0.2) is 48.5 Å². The molecule has 3 aliphatic carbocycles. The summed E-state index contributed by atoms with van der Waals surface area (Å²) in [5.41, 5.74) is 4.04. The van der Waals surface area contributed by atoms with Gasteiger partial charge in [0, 0.05) is 31.0 Å². The van der Waals surface area contributed by atoms with Crippen LogP contribution in [0.2, 0.25) is 0 Å². The Morgan fingerprint density at radius 1 is 1.09 bits per heavy atom. The second-order valence-corrected chi connectivity index (χ2v) is 10.2. The van der Waals surface area contributed by atoms with Crippen molar-refractivity contribution in [1.82, 2.24) is 14.9 Å². The third-order valence-corrected chi connectivity index (χ3v) is 7.96. The van der Waals surface area contributed by atoms with Crippen LogP contribution in [0.4, 0.5) is 0 Å². The SMILES string of the molecule is COc1cc2nc(CCCN(C)CC[C@]3(O)C[C@@H]4CC[C@@H]3C=C4c3ccccc3)[nH]c2cc1OC. The lowest BCUT2D eigenvalue weighted by atomic mass is 9.61. The number of aryl methyl sites for hydroxylation is 1. The number of H-pyrrole nitrogens is 1. The average Bonchev–Trinajstić information content (AvgIpc) is 3.29. The van der Waals surface area contributed by atoms with Gasteiger partial charge in [0.05, 0.1) is 30.9 Å². The molecule has 1 aromatic heterocycles. The van der Waals surface area contributed by atoms with Gasteiger partial charge in [-0.15, -0.1) is 0 Å². The second-order valence-electron chi connectivity index (χ2n) is 10.2. The highest BCUT2D eigenvalue weighted by Crippen LogP contribution is 2.51. The number of methoxy groups -OCH3 is 2. The molecular formula is C29H37N3O3. The van der Waals surface area contributed by atoms with Crippen LogP contribution < -0.4 is 9.47 Å². The van der Waals surface area contributed by atoms with Crippen molar-refractivity contribution in [3.05, 3.63) is 59.9 Å². The van der Waals surface area contributed by atoms with Crippen LogP contribution in [-0.4, -0.2) is 59.9 Å². The molecule has 0 unspecified atom stereocenters. The molecule has 1 saturated carbocycles. The Bertz CT molecular complexity index is 1150. The molecule has 2 bridgehead atoms. The Morgan fingerprint density at radius 3 is 2.57 bits per heavy atom. The highest BCUT2D eigenvalue weighted by molar-refractivity contribution is 5.79. The smallest absolute Gasteiger partial charge is 0.163 e. The fraction of sp³-hybridized carbons (Fsp3) is 0.483. The van der Waals surface area contributed by atoms with Gasteiger partial charge in [0.15, 0.2) is 11.5 Å². The first-order valence-corrected chi connectivity index (χ1v) is 12.8. The number of imidazole rings is 1. The van der Waals surface area contributed by atoms with E-state index in [1.54, 1.807) is 14.2 Å². The van der Waals surface area contributed by atoms with Gasteiger partial charge < -0.3 is 24.5 Å². The van der Waals surface area contributed by atoms with E-state index in [1.807, 2.05) is 12.1 Å². The number of ether oxygens (including phenoxy) is 2. The lowest BCUT2D eigenvalue weighted by molar-refractivity contribution is -0.0574. The second kappa shape index (κ2) is 10.0. The fourth-order valence-electron chi connectivity index (χ4n) is 5.96. The lowest BCUT2D eigenvalue weighted by Crippen LogP contribution is -2.48. The van der Waals surface area contributed by atoms with E-state index < -0.39 is 5.60 Å². The van der Waals surface area contributed by atoms with Crippen LogP contribution in [0.3, 0.4) is 0 Å². The summed E-state index contributed by atoms with van der Waals surface area (Å²) in [7, 11) is 5.44. The van der Waals surface area contributed by atoms with Gasteiger partial charge in [-0.2, -0.15) is 0 Å². The molecule has 1 fully saturated rings. The molecule has 186 valence electrons. The third-order valence-electron chi connectivity index (χ3n) is 7.96. The zero-order valence-electron chi connectivity index (χ0n) is 21.1. The first-order valence-electron chi connectivity index (χ1n) is 12.8. The molecule has 0 amide bonds. The van der Waals surface area contributed by atoms with Gasteiger partial charge in [0.1, 0.15) is 5.82 Å². The first-order chi connectivity index (χ1) is 17.0. The zero-order valence-corrected chi connectivity index (χ0v) is 21.1. The Balaban J connectivity index is 1.13. The molecule has 0 saturated heterocycles. The normalized spacial score (nSPS) is 23.6. The van der Waals surface area contributed by atoms with Crippen LogP contribution in [0, 0.1) is 11.8 Å². The van der Waals surface area contributed by atoms with E-state index in [1.165, 1.54) is 17.6 Å². The summed E-state index contributed by atoms with van der Waals surface area (Å²) < 4.78 is 10.8. The number of hydrogen-bond donors (Lipinski definition) is 2. The summed E-state index contributed by atoms with van der Waals surface area (Å²) in [6.45, 7) is 1.88. The maximum absolute atomic E-state index is 11.5. The van der Waals surface area contributed by atoms with Gasteiger partial charge in [-0.25, -0.2) is 4.98 Å². The topological polar surface area (TPSA) is 70.6 Å². The van der Waals surface area contributed by atoms with Crippen molar-refractivity contribution in [3.8, 4) is 11.5 Å². The van der Waals surface area contributed by atoms with Crippen molar-refractivity contribution in [1.29, 1.82) is 0 Å². The third kappa shape index (κ3) is 4.95. The molecular weight excluding hydrogens is 438 g/mol. The monoisotopic (exact) mass is 475 g/mol. The summed E-state index contributed by atoms with van der Waals surface area (Å²) in [5, 5.41) is 11.5. The molecule has 6 rings (SSSR count). The van der Waals surface area contributed by atoms with E-state index in [0.29, 0.717) is 17.4 Å². The number of aromatic amines is 1. The van der Waals surface area contributed by atoms with Gasteiger partial charge in [-0.3, -0.25) is 0 Å². The maximum Gasteiger partial charge on any atom is 0.163 e. The molecule has 3 aromatic rings. The summed E-state index contributed by atoms with van der Waals surface area (Å²) in [5.74, 6) is 3.11. The van der Waals surface area contributed by atoms with Crippen LogP contribution in [0.25, 0.3) is 16.6 Å². The molecule has 3 aliphatic rings. The number of aromatic nitrogens is 2. The Kier molecular flexibility index (Phi) is 6.85. The van der Waals surface area contributed by atoms with E-state index in [9.17, 15) is 5.11 Å². The Labute approximate surface area is 208 Å². The summed E-state index contributed by atoms with van der Waals surface area (Å²) >= 11 is 0. The van der Waals surface area contributed by atoms with E-state index in [0.717, 1.165) is 62.1 Å². The standard InChI is InChI=1S/C29H37N3O3/c1-32(14-7-10-28-30-24-17-26(34-2)27(35-3)18-25(24)31-28)15-13-29(33)19-21-11-12-22(29)16-23(21)20-8-5-4-6-9-20/h4-6,8-9,16-18,21-22,33H,7,10-15,19H2,1-3H3,(H,30,31)/t21-,22+,29-/m0/s1. The zero-order chi connectivity index (χ0) is 24.4. The molecule has 0 radical (unpaired) electrons. The number of benzene rings is 2. The van der Waals surface area contributed by atoms with Crippen molar-refractivity contribution in [2.24, 2.45) is 11.8 Å². The summed E-state index contributed by atoms with van der Waals surface area (Å²) in [4.78, 5) is 10.5. The van der Waals surface area contributed by atoms with Gasteiger partial charge in [0.25, 0.3) is 0 Å². The van der Waals surface area contributed by atoms with E-state index in [4.69, 9.17) is 14.5 Å². The molecule has 2 N–H and O–H groups in total. The molecule has 35 heavy (non-hydrogen) atoms. The van der Waals surface area contributed by atoms with Crippen LogP contribution >= 0.6 is 0 Å². The minimum atomic E-state index is -0.577. The molecule has 0 spiro atoms. The largest absolute Gasteiger partial charge is 0.493 e. The van der Waals surface area contributed by atoms with Gasteiger partial charge in [-0.05, 0) is 62.8 Å². The van der Waals surface area contributed by atoms with Crippen LogP contribution in [0.1, 0.15) is 43.5 Å². The molecule has 6 nitrogen and oxygen atoms in total. The van der Waals surface area contributed by atoms with Crippen LogP contribution in [0.5, 0.6) is 11.5 Å². The number of nitrogens with one attached hydrogen (secondary N) is 1. The minimum absolute atomic E-state index is 0.264. The van der Waals surface area contributed by atoms with Gasteiger partial charge in [0.2, 0.25) is 0 Å². The molecule has 3 atom stereocenters. The number of hydrogen-bond acceptors (Lipinski definition) is 5. The minimum Gasteiger partial charge on any atom is -0.493 e. The van der Waals surface area contributed by atoms with Crippen molar-refractivity contribution in [2.75, 3.05) is 34.4 Å². The van der Waals surface area contributed by atoms with E-state index >= 15 is 0 Å². The molecule has 1 heterocycles. The highest BCUT2D eigenvalue weighted by atomic mass is 16.5. The number of allylic oxidation sites excluding steroid dienone is 1. The van der Waals surface area contributed by atoms with Crippen molar-refractivity contribution >= 4 is 16.6 Å². The van der Waals surface area contributed by atoms with E-state index in [-0.39, 0.29) is 5.92 Å². The summed E-state index contributed by atoms with van der Waals surface area (Å²) in [6.07, 6.45) is 8.26. The lowest BCUT2D eigenvalue weighted by Gasteiger charge is -2.48. The predicted molar refractivity (Wildman–Crippen MR) is 140 cm³/mol. The molecule has 2 aromatic carbocycles. The Hall–Kier alpha value is -2.83. The van der Waals surface area contributed by atoms with Gasteiger partial charge >= 0.3 is 0 Å². The highest BCUT2D eigenvalue weighted by Gasteiger charge is 2.46. The summed E-state index contributed by atoms with van der Waals surface area (Å²) in [6, 6.07) is 14.5. The van der Waals surface area contributed by atoms with E-state index in [2.05, 4.69) is 53.3 Å². The number of aliphatic hydroxyl groups is 1. The predicted octanol–water partition coefficient (Wildman–Crippen LogP) is 5.08. The number of rotatable bonds is 10. The molecule has 0 aliphatic heterocycles. The quantitative estimate of drug-likeness (QED) is 0.428. The van der Waals surface area contributed by atoms with Crippen LogP contribution in [-0.2, 0) is 6.42 Å². The van der Waals surface area contributed by atoms with Gasteiger partial charge in [-0.1, -0.05) is 36.4 Å². The maximum atomic E-state index is 11.5. The van der Waals surface area contributed by atoms with Crippen molar-refractivity contribution in [2.45, 2.75) is 44.1 Å². The van der Waals surface area contributed by atoms with Crippen molar-refractivity contribution < 1.29 is 14.6 Å². The van der Waals surface area contributed by atoms with Crippen molar-refractivity contribution in [3.63, 3.8) is 0 Å². The average molecular weight is 476 g/mol. The number of fused-ring (bicyclic) bond motifs is 3.